The van der Waals surface area contributed by atoms with Crippen LogP contribution in [0.4, 0.5) is 0 Å². The molecule has 24 heavy (non-hydrogen) atoms. The molecule has 0 aliphatic carbocycles. The highest BCUT2D eigenvalue weighted by Gasteiger charge is 2.17. The number of carbonyl (C=O) groups is 2. The molecule has 128 valence electrons. The SMILES string of the molecule is CCOC(=O)Cc1csc(SC(C)C(=O)NCc2ccccc2)n1. The van der Waals surface area contributed by atoms with Crippen molar-refractivity contribution in [3.8, 4) is 0 Å². The predicted molar refractivity (Wildman–Crippen MR) is 96.1 cm³/mol. The first kappa shape index (κ1) is 18.5. The van der Waals surface area contributed by atoms with Crippen LogP contribution in [0.25, 0.3) is 0 Å². The number of rotatable bonds is 8. The number of ether oxygens (including phenoxy) is 1. The van der Waals surface area contributed by atoms with E-state index in [1.54, 1.807) is 6.92 Å². The molecular weight excluding hydrogens is 344 g/mol. The zero-order valence-corrected chi connectivity index (χ0v) is 15.3. The largest absolute Gasteiger partial charge is 0.466 e. The Hall–Kier alpha value is -1.86. The molecule has 0 saturated carbocycles. The zero-order valence-electron chi connectivity index (χ0n) is 13.7. The molecule has 1 heterocycles. The molecule has 0 bridgehead atoms. The van der Waals surface area contributed by atoms with E-state index in [0.717, 1.165) is 9.90 Å². The molecule has 1 amide bonds. The highest BCUT2D eigenvalue weighted by atomic mass is 32.2. The van der Waals surface area contributed by atoms with Crippen molar-refractivity contribution in [2.45, 2.75) is 36.4 Å². The van der Waals surface area contributed by atoms with Crippen LogP contribution in [0.1, 0.15) is 25.1 Å². The summed E-state index contributed by atoms with van der Waals surface area (Å²) in [6.45, 7) is 4.49. The van der Waals surface area contributed by atoms with E-state index in [9.17, 15) is 9.59 Å². The monoisotopic (exact) mass is 364 g/mol. The molecule has 0 aliphatic rings. The average molecular weight is 364 g/mol. The van der Waals surface area contributed by atoms with Crippen LogP contribution in [0.5, 0.6) is 0 Å². The summed E-state index contributed by atoms with van der Waals surface area (Å²) in [6.07, 6.45) is 0.166. The Balaban J connectivity index is 1.81. The molecule has 1 atom stereocenters. The minimum atomic E-state index is -0.284. The van der Waals surface area contributed by atoms with Gasteiger partial charge in [-0.25, -0.2) is 4.98 Å². The molecule has 1 N–H and O–H groups in total. The number of esters is 1. The third kappa shape index (κ3) is 5.98. The van der Waals surface area contributed by atoms with Crippen LogP contribution in [0.3, 0.4) is 0 Å². The van der Waals surface area contributed by atoms with Gasteiger partial charge in [-0.3, -0.25) is 9.59 Å². The van der Waals surface area contributed by atoms with Crippen molar-refractivity contribution in [3.05, 3.63) is 47.0 Å². The zero-order chi connectivity index (χ0) is 17.4. The van der Waals surface area contributed by atoms with E-state index >= 15 is 0 Å². The van der Waals surface area contributed by atoms with E-state index in [0.29, 0.717) is 18.8 Å². The Kier molecular flexibility index (Phi) is 7.27. The molecule has 1 unspecified atom stereocenters. The Labute approximate surface area is 149 Å². The van der Waals surface area contributed by atoms with Gasteiger partial charge in [-0.2, -0.15) is 0 Å². The molecule has 2 aromatic rings. The Morgan fingerprint density at radius 2 is 2.08 bits per heavy atom. The predicted octanol–water partition coefficient (Wildman–Crippen LogP) is 3.05. The van der Waals surface area contributed by atoms with Gasteiger partial charge in [-0.1, -0.05) is 42.1 Å². The van der Waals surface area contributed by atoms with Gasteiger partial charge in [0, 0.05) is 11.9 Å². The number of nitrogens with one attached hydrogen (secondary N) is 1. The Morgan fingerprint density at radius 3 is 2.79 bits per heavy atom. The number of hydrogen-bond donors (Lipinski definition) is 1. The number of nitrogens with zero attached hydrogens (tertiary/aromatic N) is 1. The number of thioether (sulfide) groups is 1. The summed E-state index contributed by atoms with van der Waals surface area (Å²) in [7, 11) is 0. The van der Waals surface area contributed by atoms with Crippen molar-refractivity contribution >= 4 is 35.0 Å². The maximum absolute atomic E-state index is 12.2. The van der Waals surface area contributed by atoms with Crippen LogP contribution in [0.2, 0.25) is 0 Å². The van der Waals surface area contributed by atoms with Crippen molar-refractivity contribution in [1.29, 1.82) is 0 Å². The number of benzene rings is 1. The molecule has 1 aromatic heterocycles. The summed E-state index contributed by atoms with van der Waals surface area (Å²) in [5.74, 6) is -0.320. The topological polar surface area (TPSA) is 68.3 Å². The van der Waals surface area contributed by atoms with Gasteiger partial charge in [0.15, 0.2) is 4.34 Å². The first-order chi connectivity index (χ1) is 11.6. The number of hydrogen-bond acceptors (Lipinski definition) is 6. The van der Waals surface area contributed by atoms with E-state index in [1.807, 2.05) is 42.6 Å². The molecule has 0 fully saturated rings. The maximum Gasteiger partial charge on any atom is 0.311 e. The first-order valence-electron chi connectivity index (χ1n) is 7.66. The second-order valence-corrected chi connectivity index (χ2v) is 7.50. The van der Waals surface area contributed by atoms with Crippen LogP contribution in [-0.4, -0.2) is 28.7 Å². The molecule has 0 radical (unpaired) electrons. The number of aromatic nitrogens is 1. The van der Waals surface area contributed by atoms with Gasteiger partial charge < -0.3 is 10.1 Å². The van der Waals surface area contributed by atoms with Crippen LogP contribution < -0.4 is 5.32 Å². The molecule has 0 aliphatic heterocycles. The number of thiazole rings is 1. The maximum atomic E-state index is 12.2. The molecule has 5 nitrogen and oxygen atoms in total. The summed E-state index contributed by atoms with van der Waals surface area (Å²) >= 11 is 2.83. The summed E-state index contributed by atoms with van der Waals surface area (Å²) in [5, 5.41) is 4.49. The van der Waals surface area contributed by atoms with Crippen LogP contribution >= 0.6 is 23.1 Å². The summed E-state index contributed by atoms with van der Waals surface area (Å²) in [5.41, 5.74) is 1.74. The number of amides is 1. The fraction of sp³-hybridized carbons (Fsp3) is 0.353. The molecule has 0 saturated heterocycles. The lowest BCUT2D eigenvalue weighted by molar-refractivity contribution is -0.142. The van der Waals surface area contributed by atoms with E-state index in [-0.39, 0.29) is 23.5 Å². The highest BCUT2D eigenvalue weighted by Crippen LogP contribution is 2.27. The second-order valence-electron chi connectivity index (χ2n) is 5.05. The molecule has 1 aromatic carbocycles. The van der Waals surface area contributed by atoms with Gasteiger partial charge in [0.05, 0.1) is 24.0 Å². The third-order valence-corrected chi connectivity index (χ3v) is 5.24. The lowest BCUT2D eigenvalue weighted by Gasteiger charge is -2.10. The van der Waals surface area contributed by atoms with Crippen molar-refractivity contribution in [3.63, 3.8) is 0 Å². The van der Waals surface area contributed by atoms with Gasteiger partial charge >= 0.3 is 5.97 Å². The molecule has 2 rings (SSSR count). The third-order valence-electron chi connectivity index (χ3n) is 3.12. The average Bonchev–Trinajstić information content (AvgIpc) is 3.00. The van der Waals surface area contributed by atoms with E-state index < -0.39 is 0 Å². The minimum absolute atomic E-state index is 0.0361. The van der Waals surface area contributed by atoms with E-state index in [4.69, 9.17) is 4.74 Å². The van der Waals surface area contributed by atoms with Gasteiger partial charge in [0.1, 0.15) is 0 Å². The Morgan fingerprint density at radius 1 is 1.33 bits per heavy atom. The lowest BCUT2D eigenvalue weighted by Crippen LogP contribution is -2.30. The highest BCUT2D eigenvalue weighted by molar-refractivity contribution is 8.02. The number of carbonyl (C=O) groups excluding carboxylic acids is 2. The van der Waals surface area contributed by atoms with E-state index in [1.165, 1.54) is 23.1 Å². The van der Waals surface area contributed by atoms with E-state index in [2.05, 4.69) is 10.3 Å². The van der Waals surface area contributed by atoms with Crippen molar-refractivity contribution in [2.24, 2.45) is 0 Å². The van der Waals surface area contributed by atoms with Crippen LogP contribution in [0.15, 0.2) is 40.1 Å². The normalized spacial score (nSPS) is 11.8. The van der Waals surface area contributed by atoms with Crippen molar-refractivity contribution < 1.29 is 14.3 Å². The quantitative estimate of drug-likeness (QED) is 0.576. The smallest absolute Gasteiger partial charge is 0.311 e. The molecule has 7 heteroatoms. The van der Waals surface area contributed by atoms with Crippen molar-refractivity contribution in [1.82, 2.24) is 10.3 Å². The Bertz CT molecular complexity index is 673. The molecule has 0 spiro atoms. The van der Waals surface area contributed by atoms with Gasteiger partial charge in [0.2, 0.25) is 5.91 Å². The van der Waals surface area contributed by atoms with Crippen LogP contribution in [-0.2, 0) is 27.3 Å². The summed E-state index contributed by atoms with van der Waals surface area (Å²) in [6, 6.07) is 9.78. The fourth-order valence-corrected chi connectivity index (χ4v) is 3.92. The van der Waals surface area contributed by atoms with Gasteiger partial charge in [-0.05, 0) is 19.4 Å². The minimum Gasteiger partial charge on any atom is -0.466 e. The van der Waals surface area contributed by atoms with Crippen LogP contribution in [0, 0.1) is 0 Å². The van der Waals surface area contributed by atoms with Gasteiger partial charge in [0.25, 0.3) is 0 Å². The summed E-state index contributed by atoms with van der Waals surface area (Å²) in [4.78, 5) is 28.0. The first-order valence-corrected chi connectivity index (χ1v) is 9.42. The van der Waals surface area contributed by atoms with Gasteiger partial charge in [-0.15, -0.1) is 11.3 Å². The summed E-state index contributed by atoms with van der Waals surface area (Å²) < 4.78 is 5.68. The fourth-order valence-electron chi connectivity index (χ4n) is 1.92. The molecular formula is C17H20N2O3S2. The van der Waals surface area contributed by atoms with Crippen molar-refractivity contribution in [2.75, 3.05) is 6.61 Å². The second kappa shape index (κ2) is 9.44. The lowest BCUT2D eigenvalue weighted by atomic mass is 10.2. The standard InChI is InChI=1S/C17H20N2O3S2/c1-3-22-15(20)9-14-11-23-17(19-14)24-12(2)16(21)18-10-13-7-5-4-6-8-13/h4-8,11-12H,3,9-10H2,1-2H3,(H,18,21).